The minimum atomic E-state index is -0.886. The molecule has 4 nitrogen and oxygen atoms in total. The zero-order chi connectivity index (χ0) is 14.8. The Balaban J connectivity index is 3.55. The summed E-state index contributed by atoms with van der Waals surface area (Å²) in [7, 11) is 3.06. The van der Waals surface area contributed by atoms with Gasteiger partial charge in [0.1, 0.15) is 0 Å². The average Bonchev–Trinajstić information content (AvgIpc) is 2.29. The lowest BCUT2D eigenvalue weighted by atomic mass is 9.80. The number of carboxylic acids is 1. The molecule has 0 aromatic heterocycles. The molecule has 0 amide bonds. The fourth-order valence-electron chi connectivity index (χ4n) is 2.17. The fourth-order valence-corrected chi connectivity index (χ4v) is 2.57. The number of methoxy groups -OCH3 is 2. The first-order chi connectivity index (χ1) is 8.74. The van der Waals surface area contributed by atoms with Crippen molar-refractivity contribution in [2.24, 2.45) is 0 Å². The maximum absolute atomic E-state index is 11.0. The average molecular weight is 287 g/mol. The Kier molecular flexibility index (Phi) is 4.69. The Morgan fingerprint density at radius 1 is 1.37 bits per heavy atom. The molecule has 1 aromatic rings. The normalized spacial score (nSPS) is 11.3. The third kappa shape index (κ3) is 3.13. The topological polar surface area (TPSA) is 55.8 Å². The maximum atomic E-state index is 11.0. The predicted molar refractivity (Wildman–Crippen MR) is 74.6 cm³/mol. The van der Waals surface area contributed by atoms with Crippen molar-refractivity contribution in [3.8, 4) is 11.5 Å². The summed E-state index contributed by atoms with van der Waals surface area (Å²) in [6.07, 6.45) is -0.0459. The molecule has 0 aliphatic rings. The van der Waals surface area contributed by atoms with Gasteiger partial charge in [0.2, 0.25) is 0 Å². The molecule has 0 fully saturated rings. The van der Waals surface area contributed by atoms with Gasteiger partial charge in [-0.05, 0) is 18.6 Å². The largest absolute Gasteiger partial charge is 0.493 e. The van der Waals surface area contributed by atoms with Crippen molar-refractivity contribution in [1.82, 2.24) is 0 Å². The van der Waals surface area contributed by atoms with Gasteiger partial charge in [0.15, 0.2) is 11.5 Å². The van der Waals surface area contributed by atoms with Crippen molar-refractivity contribution in [2.45, 2.75) is 32.6 Å². The van der Waals surface area contributed by atoms with Crippen LogP contribution in [0.3, 0.4) is 0 Å². The summed E-state index contributed by atoms with van der Waals surface area (Å²) in [5, 5.41) is 9.56. The van der Waals surface area contributed by atoms with Gasteiger partial charge in [-0.25, -0.2) is 0 Å². The number of aryl methyl sites for hydroxylation is 1. The second-order valence-corrected chi connectivity index (χ2v) is 5.45. The lowest BCUT2D eigenvalue weighted by Crippen LogP contribution is -2.23. The zero-order valence-corrected chi connectivity index (χ0v) is 12.6. The van der Waals surface area contributed by atoms with E-state index in [1.807, 2.05) is 20.8 Å². The van der Waals surface area contributed by atoms with Gasteiger partial charge in [0.25, 0.3) is 0 Å². The number of aliphatic carboxylic acids is 1. The molecule has 19 heavy (non-hydrogen) atoms. The molecule has 1 rings (SSSR count). The number of rotatable bonds is 5. The Bertz CT molecular complexity index is 495. The summed E-state index contributed by atoms with van der Waals surface area (Å²) < 4.78 is 10.7. The van der Waals surface area contributed by atoms with E-state index in [9.17, 15) is 4.79 Å². The van der Waals surface area contributed by atoms with Crippen LogP contribution in [0.15, 0.2) is 6.07 Å². The molecule has 0 atom stereocenters. The van der Waals surface area contributed by atoms with E-state index in [1.165, 1.54) is 7.11 Å². The number of hydrogen-bond acceptors (Lipinski definition) is 3. The smallest absolute Gasteiger partial charge is 0.304 e. The number of carbonyl (C=O) groups is 1. The predicted octanol–water partition coefficient (Wildman–Crippen LogP) is 3.42. The molecule has 0 saturated heterocycles. The summed E-state index contributed by atoms with van der Waals surface area (Å²) in [6.45, 7) is 5.50. The van der Waals surface area contributed by atoms with Crippen LogP contribution < -0.4 is 9.47 Å². The van der Waals surface area contributed by atoms with E-state index in [0.29, 0.717) is 22.1 Å². The standard InChI is InChI=1S/C14H19ClO4/c1-8-6-9(18-4)13(19-5)11(12(8)15)14(2,3)7-10(16)17/h6H,7H2,1-5H3,(H,16,17). The molecule has 0 radical (unpaired) electrons. The maximum Gasteiger partial charge on any atom is 0.304 e. The van der Waals surface area contributed by atoms with Crippen LogP contribution in [-0.2, 0) is 10.2 Å². The molecule has 0 aliphatic heterocycles. The van der Waals surface area contributed by atoms with Crippen LogP contribution in [0.2, 0.25) is 5.02 Å². The fraction of sp³-hybridized carbons (Fsp3) is 0.500. The first-order valence-electron chi connectivity index (χ1n) is 5.88. The lowest BCUT2D eigenvalue weighted by Gasteiger charge is -2.28. The molecule has 0 spiro atoms. The molecule has 1 aromatic carbocycles. The minimum Gasteiger partial charge on any atom is -0.493 e. The van der Waals surface area contributed by atoms with E-state index in [-0.39, 0.29) is 6.42 Å². The van der Waals surface area contributed by atoms with Crippen LogP contribution in [0.5, 0.6) is 11.5 Å². The van der Waals surface area contributed by atoms with Crippen LogP contribution >= 0.6 is 11.6 Å². The molecule has 1 N–H and O–H groups in total. The zero-order valence-electron chi connectivity index (χ0n) is 11.8. The van der Waals surface area contributed by atoms with E-state index in [4.69, 9.17) is 26.2 Å². The molecule has 5 heteroatoms. The van der Waals surface area contributed by atoms with Crippen LogP contribution in [-0.4, -0.2) is 25.3 Å². The van der Waals surface area contributed by atoms with Gasteiger partial charge in [0, 0.05) is 11.0 Å². The number of carboxylic acid groups (broad SMARTS) is 1. The monoisotopic (exact) mass is 286 g/mol. The first kappa shape index (κ1) is 15.6. The van der Waals surface area contributed by atoms with Crippen molar-refractivity contribution in [2.75, 3.05) is 14.2 Å². The Hall–Kier alpha value is -1.42. The van der Waals surface area contributed by atoms with E-state index in [0.717, 1.165) is 5.56 Å². The Morgan fingerprint density at radius 3 is 2.37 bits per heavy atom. The highest BCUT2D eigenvalue weighted by Crippen LogP contribution is 2.46. The lowest BCUT2D eigenvalue weighted by molar-refractivity contribution is -0.138. The SMILES string of the molecule is COc1cc(C)c(Cl)c(C(C)(C)CC(=O)O)c1OC. The highest BCUT2D eigenvalue weighted by atomic mass is 35.5. The van der Waals surface area contributed by atoms with E-state index in [1.54, 1.807) is 13.2 Å². The number of benzene rings is 1. The van der Waals surface area contributed by atoms with Crippen molar-refractivity contribution in [3.05, 3.63) is 22.2 Å². The summed E-state index contributed by atoms with van der Waals surface area (Å²) in [5.74, 6) is 0.158. The molecular weight excluding hydrogens is 268 g/mol. The van der Waals surface area contributed by atoms with Crippen LogP contribution in [0.4, 0.5) is 0 Å². The highest BCUT2D eigenvalue weighted by molar-refractivity contribution is 6.32. The number of hydrogen-bond donors (Lipinski definition) is 1. The van der Waals surface area contributed by atoms with Crippen LogP contribution in [0.25, 0.3) is 0 Å². The van der Waals surface area contributed by atoms with Gasteiger partial charge in [-0.15, -0.1) is 0 Å². The highest BCUT2D eigenvalue weighted by Gasteiger charge is 2.32. The van der Waals surface area contributed by atoms with E-state index < -0.39 is 11.4 Å². The van der Waals surface area contributed by atoms with Crippen LogP contribution in [0, 0.1) is 6.92 Å². The van der Waals surface area contributed by atoms with Crippen molar-refractivity contribution in [1.29, 1.82) is 0 Å². The second-order valence-electron chi connectivity index (χ2n) is 5.07. The molecule has 0 saturated carbocycles. The molecule has 0 aliphatic carbocycles. The number of ether oxygens (including phenoxy) is 2. The van der Waals surface area contributed by atoms with E-state index in [2.05, 4.69) is 0 Å². The first-order valence-corrected chi connectivity index (χ1v) is 6.25. The van der Waals surface area contributed by atoms with Gasteiger partial charge in [-0.1, -0.05) is 25.4 Å². The minimum absolute atomic E-state index is 0.0459. The van der Waals surface area contributed by atoms with Crippen molar-refractivity contribution < 1.29 is 19.4 Å². The second kappa shape index (κ2) is 5.70. The van der Waals surface area contributed by atoms with Gasteiger partial charge in [-0.3, -0.25) is 4.79 Å². The van der Waals surface area contributed by atoms with Crippen molar-refractivity contribution in [3.63, 3.8) is 0 Å². The van der Waals surface area contributed by atoms with Crippen LogP contribution in [0.1, 0.15) is 31.4 Å². The van der Waals surface area contributed by atoms with Gasteiger partial charge in [-0.2, -0.15) is 0 Å². The van der Waals surface area contributed by atoms with Gasteiger partial charge >= 0.3 is 5.97 Å². The van der Waals surface area contributed by atoms with Gasteiger partial charge in [0.05, 0.1) is 25.7 Å². The molecular formula is C14H19ClO4. The van der Waals surface area contributed by atoms with Crippen molar-refractivity contribution >= 4 is 17.6 Å². The quantitative estimate of drug-likeness (QED) is 0.901. The number of halogens is 1. The third-order valence-corrected chi connectivity index (χ3v) is 3.55. The third-order valence-electron chi connectivity index (χ3n) is 3.06. The van der Waals surface area contributed by atoms with Gasteiger partial charge < -0.3 is 14.6 Å². The summed E-state index contributed by atoms with van der Waals surface area (Å²) >= 11 is 6.35. The Labute approximate surface area is 118 Å². The Morgan fingerprint density at radius 2 is 1.95 bits per heavy atom. The summed E-state index contributed by atoms with van der Waals surface area (Å²) in [4.78, 5) is 11.0. The summed E-state index contributed by atoms with van der Waals surface area (Å²) in [6, 6.07) is 1.78. The summed E-state index contributed by atoms with van der Waals surface area (Å²) in [5.41, 5.74) is 0.830. The molecule has 106 valence electrons. The molecule has 0 heterocycles. The molecule has 0 bridgehead atoms. The van der Waals surface area contributed by atoms with E-state index >= 15 is 0 Å². The molecule has 0 unspecified atom stereocenters.